The van der Waals surface area contributed by atoms with Gasteiger partial charge in [-0.2, -0.15) is 0 Å². The van der Waals surface area contributed by atoms with Gasteiger partial charge in [0.15, 0.2) is 0 Å². The first kappa shape index (κ1) is 14.0. The molecule has 16 heavy (non-hydrogen) atoms. The zero-order chi connectivity index (χ0) is 11.7. The van der Waals surface area contributed by atoms with Crippen molar-refractivity contribution in [2.45, 2.75) is 71.6 Å². The Bertz CT molecular complexity index is 159. The van der Waals surface area contributed by atoms with Gasteiger partial charge in [-0.05, 0) is 19.8 Å². The van der Waals surface area contributed by atoms with Crippen LogP contribution >= 0.6 is 0 Å². The maximum absolute atomic E-state index is 2.38. The average Bonchev–Trinajstić information content (AvgIpc) is 2.77. The van der Waals surface area contributed by atoms with Crippen molar-refractivity contribution in [2.75, 3.05) is 26.2 Å². The zero-order valence-electron chi connectivity index (χ0n) is 11.6. The number of nitrogens with zero attached hydrogens (tertiary/aromatic N) is 1. The van der Waals surface area contributed by atoms with Crippen molar-refractivity contribution in [3.63, 3.8) is 0 Å². The maximum atomic E-state index is 2.38. The molecule has 1 saturated heterocycles. The van der Waals surface area contributed by atoms with E-state index in [0.717, 1.165) is 0 Å². The minimum Gasteiger partial charge on any atom is -0.324 e. The second kappa shape index (κ2) is 8.11. The van der Waals surface area contributed by atoms with Crippen LogP contribution in [0.2, 0.25) is 0 Å². The van der Waals surface area contributed by atoms with Crippen LogP contribution in [-0.4, -0.2) is 30.7 Å². The Balaban J connectivity index is 1.97. The number of likely N-dealkylation sites (tertiary alicyclic amines) is 1. The summed E-state index contributed by atoms with van der Waals surface area (Å²) in [5, 5.41) is 0. The van der Waals surface area contributed by atoms with Gasteiger partial charge in [-0.25, -0.2) is 0 Å². The standard InChI is InChI=1S/C15H32N/c1-3-5-6-7-8-9-10-13-16(4-2)14-11-12-15-16/h3-15H2,1-2H3/q+1. The van der Waals surface area contributed by atoms with E-state index in [4.69, 9.17) is 0 Å². The Kier molecular flexibility index (Phi) is 7.11. The summed E-state index contributed by atoms with van der Waals surface area (Å²) in [5.41, 5.74) is 0. The van der Waals surface area contributed by atoms with E-state index in [1.54, 1.807) is 0 Å². The maximum Gasteiger partial charge on any atom is 0.0788 e. The molecule has 0 unspecified atom stereocenters. The molecule has 1 aliphatic heterocycles. The summed E-state index contributed by atoms with van der Waals surface area (Å²) in [6, 6.07) is 0. The molecule has 0 radical (unpaired) electrons. The fourth-order valence-corrected chi connectivity index (χ4v) is 3.11. The molecule has 0 bridgehead atoms. The Hall–Kier alpha value is -0.0400. The molecule has 96 valence electrons. The predicted octanol–water partition coefficient (Wildman–Crippen LogP) is 4.37. The molecule has 0 aromatic rings. The van der Waals surface area contributed by atoms with E-state index in [-0.39, 0.29) is 0 Å². The Morgan fingerprint density at radius 1 is 0.750 bits per heavy atom. The van der Waals surface area contributed by atoms with Gasteiger partial charge in [-0.1, -0.05) is 39.0 Å². The van der Waals surface area contributed by atoms with Crippen LogP contribution in [0.5, 0.6) is 0 Å². The molecule has 1 fully saturated rings. The highest BCUT2D eigenvalue weighted by atomic mass is 15.4. The average molecular weight is 226 g/mol. The number of rotatable bonds is 9. The molecule has 1 aliphatic rings. The van der Waals surface area contributed by atoms with E-state index >= 15 is 0 Å². The summed E-state index contributed by atoms with van der Waals surface area (Å²) < 4.78 is 1.44. The summed E-state index contributed by atoms with van der Waals surface area (Å²) in [6.45, 7) is 10.4. The van der Waals surface area contributed by atoms with E-state index in [9.17, 15) is 0 Å². The topological polar surface area (TPSA) is 0 Å². The van der Waals surface area contributed by atoms with Crippen molar-refractivity contribution in [3.8, 4) is 0 Å². The number of quaternary nitrogens is 1. The Labute approximate surface area is 103 Å². The summed E-state index contributed by atoms with van der Waals surface area (Å²) >= 11 is 0. The van der Waals surface area contributed by atoms with Crippen molar-refractivity contribution < 1.29 is 4.48 Å². The van der Waals surface area contributed by atoms with Crippen LogP contribution in [0.25, 0.3) is 0 Å². The first-order chi connectivity index (χ1) is 7.83. The zero-order valence-corrected chi connectivity index (χ0v) is 11.6. The van der Waals surface area contributed by atoms with Crippen molar-refractivity contribution in [1.29, 1.82) is 0 Å². The lowest BCUT2D eigenvalue weighted by Gasteiger charge is -2.33. The molecule has 0 N–H and O–H groups in total. The van der Waals surface area contributed by atoms with Gasteiger partial charge in [-0.3, -0.25) is 0 Å². The molecule has 0 saturated carbocycles. The first-order valence-corrected chi connectivity index (χ1v) is 7.68. The molecule has 1 rings (SSSR count). The molecule has 0 aliphatic carbocycles. The molecule has 1 nitrogen and oxygen atoms in total. The monoisotopic (exact) mass is 226 g/mol. The molecule has 1 heterocycles. The Morgan fingerprint density at radius 3 is 1.88 bits per heavy atom. The van der Waals surface area contributed by atoms with Crippen LogP contribution in [0.15, 0.2) is 0 Å². The third kappa shape index (κ3) is 4.86. The fraction of sp³-hybridized carbons (Fsp3) is 1.00. The number of hydrogen-bond acceptors (Lipinski definition) is 0. The third-order valence-corrected chi connectivity index (χ3v) is 4.42. The van der Waals surface area contributed by atoms with E-state index in [2.05, 4.69) is 13.8 Å². The van der Waals surface area contributed by atoms with Gasteiger partial charge in [0.05, 0.1) is 26.2 Å². The first-order valence-electron chi connectivity index (χ1n) is 7.68. The van der Waals surface area contributed by atoms with Crippen LogP contribution in [0.3, 0.4) is 0 Å². The molecular formula is C15H32N+. The quantitative estimate of drug-likeness (QED) is 0.404. The van der Waals surface area contributed by atoms with Gasteiger partial charge in [0, 0.05) is 12.8 Å². The van der Waals surface area contributed by atoms with Crippen molar-refractivity contribution in [1.82, 2.24) is 0 Å². The highest BCUT2D eigenvalue weighted by molar-refractivity contribution is 4.54. The van der Waals surface area contributed by atoms with Crippen molar-refractivity contribution in [2.24, 2.45) is 0 Å². The second-order valence-corrected chi connectivity index (χ2v) is 5.66. The number of unbranched alkanes of at least 4 members (excludes halogenated alkanes) is 6. The molecule has 0 aromatic carbocycles. The van der Waals surface area contributed by atoms with E-state index < -0.39 is 0 Å². The molecule has 0 atom stereocenters. The van der Waals surface area contributed by atoms with Crippen LogP contribution in [-0.2, 0) is 0 Å². The van der Waals surface area contributed by atoms with Crippen LogP contribution in [0.4, 0.5) is 0 Å². The van der Waals surface area contributed by atoms with Crippen molar-refractivity contribution in [3.05, 3.63) is 0 Å². The summed E-state index contributed by atoms with van der Waals surface area (Å²) in [6.07, 6.45) is 13.1. The summed E-state index contributed by atoms with van der Waals surface area (Å²) in [4.78, 5) is 0. The number of hydrogen-bond donors (Lipinski definition) is 0. The van der Waals surface area contributed by atoms with Crippen LogP contribution in [0.1, 0.15) is 71.6 Å². The minimum atomic E-state index is 1.37. The van der Waals surface area contributed by atoms with Gasteiger partial charge in [0.2, 0.25) is 0 Å². The lowest BCUT2D eigenvalue weighted by atomic mass is 10.1. The predicted molar refractivity (Wildman–Crippen MR) is 72.6 cm³/mol. The minimum absolute atomic E-state index is 1.37. The Morgan fingerprint density at radius 2 is 1.31 bits per heavy atom. The smallest absolute Gasteiger partial charge is 0.0788 e. The molecular weight excluding hydrogens is 194 g/mol. The van der Waals surface area contributed by atoms with Gasteiger partial charge >= 0.3 is 0 Å². The molecule has 0 spiro atoms. The lowest BCUT2D eigenvalue weighted by Crippen LogP contribution is -2.45. The third-order valence-electron chi connectivity index (χ3n) is 4.42. The molecule has 0 amide bonds. The highest BCUT2D eigenvalue weighted by Crippen LogP contribution is 2.20. The van der Waals surface area contributed by atoms with Crippen LogP contribution in [0, 0.1) is 0 Å². The highest BCUT2D eigenvalue weighted by Gasteiger charge is 2.28. The summed E-state index contributed by atoms with van der Waals surface area (Å²) in [7, 11) is 0. The van der Waals surface area contributed by atoms with Gasteiger partial charge < -0.3 is 4.48 Å². The fourth-order valence-electron chi connectivity index (χ4n) is 3.11. The van der Waals surface area contributed by atoms with Crippen molar-refractivity contribution >= 4 is 0 Å². The van der Waals surface area contributed by atoms with E-state index in [0.29, 0.717) is 0 Å². The normalized spacial score (nSPS) is 19.1. The van der Waals surface area contributed by atoms with Gasteiger partial charge in [0.1, 0.15) is 0 Å². The SMILES string of the molecule is CCCCCCCCC[N+]1(CC)CCCC1. The van der Waals surface area contributed by atoms with E-state index in [1.165, 1.54) is 88.4 Å². The largest absolute Gasteiger partial charge is 0.324 e. The van der Waals surface area contributed by atoms with Crippen LogP contribution < -0.4 is 0 Å². The lowest BCUT2D eigenvalue weighted by molar-refractivity contribution is -0.915. The second-order valence-electron chi connectivity index (χ2n) is 5.66. The van der Waals surface area contributed by atoms with Gasteiger partial charge in [0.25, 0.3) is 0 Å². The summed E-state index contributed by atoms with van der Waals surface area (Å²) in [5.74, 6) is 0. The molecule has 0 aromatic heterocycles. The van der Waals surface area contributed by atoms with Gasteiger partial charge in [-0.15, -0.1) is 0 Å². The molecule has 1 heteroatoms. The van der Waals surface area contributed by atoms with E-state index in [1.807, 2.05) is 0 Å².